The standard InChI is InChI=1S/C20H23NO4/c1-14-5-3-4-6-17(14)23-12-15(2)21-20(22)10-8-16-7-9-18-19(11-16)25-13-24-18/h3-7,9,11,15H,8,10,12-13H2,1-2H3,(H,21,22)/t15-/m1/s1. The third-order valence-electron chi connectivity index (χ3n) is 4.07. The fourth-order valence-electron chi connectivity index (χ4n) is 2.68. The molecule has 5 nitrogen and oxygen atoms in total. The van der Waals surface area contributed by atoms with Gasteiger partial charge in [0.1, 0.15) is 12.4 Å². The van der Waals surface area contributed by atoms with Crippen molar-refractivity contribution in [2.75, 3.05) is 13.4 Å². The number of ether oxygens (including phenoxy) is 3. The van der Waals surface area contributed by atoms with E-state index in [1.54, 1.807) is 0 Å². The van der Waals surface area contributed by atoms with Gasteiger partial charge in [-0.3, -0.25) is 4.79 Å². The van der Waals surface area contributed by atoms with E-state index in [2.05, 4.69) is 5.32 Å². The molecule has 5 heteroatoms. The van der Waals surface area contributed by atoms with Crippen LogP contribution in [0.3, 0.4) is 0 Å². The number of aryl methyl sites for hydroxylation is 2. The van der Waals surface area contributed by atoms with Crippen molar-refractivity contribution in [3.8, 4) is 17.2 Å². The van der Waals surface area contributed by atoms with Gasteiger partial charge in [0.25, 0.3) is 0 Å². The van der Waals surface area contributed by atoms with Crippen LogP contribution in [0.15, 0.2) is 42.5 Å². The molecule has 0 aliphatic carbocycles. The lowest BCUT2D eigenvalue weighted by Gasteiger charge is -2.16. The Balaban J connectivity index is 1.42. The predicted molar refractivity (Wildman–Crippen MR) is 95.2 cm³/mol. The Hall–Kier alpha value is -2.69. The Morgan fingerprint density at radius 1 is 1.20 bits per heavy atom. The molecule has 25 heavy (non-hydrogen) atoms. The molecule has 0 radical (unpaired) electrons. The van der Waals surface area contributed by atoms with Crippen molar-refractivity contribution in [3.63, 3.8) is 0 Å². The van der Waals surface area contributed by atoms with E-state index in [0.717, 1.165) is 28.4 Å². The highest BCUT2D eigenvalue weighted by Gasteiger charge is 2.14. The maximum atomic E-state index is 12.1. The Labute approximate surface area is 147 Å². The quantitative estimate of drug-likeness (QED) is 0.840. The summed E-state index contributed by atoms with van der Waals surface area (Å²) >= 11 is 0. The van der Waals surface area contributed by atoms with E-state index < -0.39 is 0 Å². The van der Waals surface area contributed by atoms with Crippen molar-refractivity contribution in [3.05, 3.63) is 53.6 Å². The number of hydrogen-bond donors (Lipinski definition) is 1. The minimum atomic E-state index is -0.0520. The maximum absolute atomic E-state index is 12.1. The molecule has 0 spiro atoms. The van der Waals surface area contributed by atoms with Crippen molar-refractivity contribution in [2.45, 2.75) is 32.7 Å². The van der Waals surface area contributed by atoms with Gasteiger partial charge in [-0.15, -0.1) is 0 Å². The highest BCUT2D eigenvalue weighted by molar-refractivity contribution is 5.76. The van der Waals surface area contributed by atoms with Crippen molar-refractivity contribution >= 4 is 5.91 Å². The summed E-state index contributed by atoms with van der Waals surface area (Å²) < 4.78 is 16.4. The molecular weight excluding hydrogens is 318 g/mol. The summed E-state index contributed by atoms with van der Waals surface area (Å²) in [5.41, 5.74) is 2.15. The van der Waals surface area contributed by atoms with Gasteiger partial charge in [-0.1, -0.05) is 24.3 Å². The molecule has 1 atom stereocenters. The van der Waals surface area contributed by atoms with Crippen LogP contribution in [0.1, 0.15) is 24.5 Å². The topological polar surface area (TPSA) is 56.8 Å². The summed E-state index contributed by atoms with van der Waals surface area (Å²) in [6, 6.07) is 13.6. The highest BCUT2D eigenvalue weighted by atomic mass is 16.7. The summed E-state index contributed by atoms with van der Waals surface area (Å²) in [6.45, 7) is 4.65. The zero-order chi connectivity index (χ0) is 17.6. The number of carbonyl (C=O) groups is 1. The van der Waals surface area contributed by atoms with Gasteiger partial charge in [0.2, 0.25) is 12.7 Å². The molecular formula is C20H23NO4. The van der Waals surface area contributed by atoms with E-state index in [9.17, 15) is 4.79 Å². The zero-order valence-corrected chi connectivity index (χ0v) is 14.6. The number of benzene rings is 2. The van der Waals surface area contributed by atoms with E-state index in [1.807, 2.05) is 56.3 Å². The summed E-state index contributed by atoms with van der Waals surface area (Å²) in [7, 11) is 0. The molecule has 1 amide bonds. The van der Waals surface area contributed by atoms with E-state index in [0.29, 0.717) is 19.4 Å². The second kappa shape index (κ2) is 7.92. The van der Waals surface area contributed by atoms with E-state index in [1.165, 1.54) is 0 Å². The molecule has 1 aliphatic heterocycles. The first kappa shape index (κ1) is 17.1. The number of fused-ring (bicyclic) bond motifs is 1. The van der Waals surface area contributed by atoms with Gasteiger partial charge in [-0.25, -0.2) is 0 Å². The molecule has 2 aromatic carbocycles. The van der Waals surface area contributed by atoms with Crippen LogP contribution in [0, 0.1) is 6.92 Å². The van der Waals surface area contributed by atoms with Gasteiger partial charge < -0.3 is 19.5 Å². The van der Waals surface area contributed by atoms with Crippen LogP contribution in [-0.4, -0.2) is 25.3 Å². The van der Waals surface area contributed by atoms with Crippen LogP contribution in [0.2, 0.25) is 0 Å². The average molecular weight is 341 g/mol. The molecule has 0 bridgehead atoms. The Bertz CT molecular complexity index is 744. The van der Waals surface area contributed by atoms with Crippen molar-refractivity contribution in [1.82, 2.24) is 5.32 Å². The molecule has 1 heterocycles. The van der Waals surface area contributed by atoms with Crippen LogP contribution in [0.25, 0.3) is 0 Å². The van der Waals surface area contributed by atoms with Gasteiger partial charge in [0, 0.05) is 6.42 Å². The highest BCUT2D eigenvalue weighted by Crippen LogP contribution is 2.32. The number of hydrogen-bond acceptors (Lipinski definition) is 4. The third kappa shape index (κ3) is 4.66. The largest absolute Gasteiger partial charge is 0.491 e. The first-order chi connectivity index (χ1) is 12.1. The van der Waals surface area contributed by atoms with Gasteiger partial charge in [-0.05, 0) is 49.6 Å². The summed E-state index contributed by atoms with van der Waals surface area (Å²) in [4.78, 5) is 12.1. The van der Waals surface area contributed by atoms with Crippen LogP contribution < -0.4 is 19.5 Å². The van der Waals surface area contributed by atoms with Crippen LogP contribution in [0.5, 0.6) is 17.2 Å². The second-order valence-electron chi connectivity index (χ2n) is 6.23. The molecule has 1 aliphatic rings. The Morgan fingerprint density at radius 3 is 2.84 bits per heavy atom. The lowest BCUT2D eigenvalue weighted by atomic mass is 10.1. The first-order valence-electron chi connectivity index (χ1n) is 8.48. The van der Waals surface area contributed by atoms with Crippen molar-refractivity contribution < 1.29 is 19.0 Å². The molecule has 3 rings (SSSR count). The number of carbonyl (C=O) groups excluding carboxylic acids is 1. The Morgan fingerprint density at radius 2 is 2.00 bits per heavy atom. The van der Waals surface area contributed by atoms with Gasteiger partial charge in [-0.2, -0.15) is 0 Å². The fraction of sp³-hybridized carbons (Fsp3) is 0.350. The van der Waals surface area contributed by atoms with E-state index >= 15 is 0 Å². The molecule has 0 saturated carbocycles. The SMILES string of the molecule is Cc1ccccc1OC[C@@H](C)NC(=O)CCc1ccc2c(c1)OCO2. The van der Waals surface area contributed by atoms with Gasteiger partial charge in [0.15, 0.2) is 11.5 Å². The molecule has 0 saturated heterocycles. The average Bonchev–Trinajstić information content (AvgIpc) is 3.07. The van der Waals surface area contributed by atoms with Gasteiger partial charge in [0.05, 0.1) is 6.04 Å². The molecule has 132 valence electrons. The van der Waals surface area contributed by atoms with Crippen LogP contribution >= 0.6 is 0 Å². The summed E-state index contributed by atoms with van der Waals surface area (Å²) in [5, 5.41) is 2.97. The fourth-order valence-corrected chi connectivity index (χ4v) is 2.68. The second-order valence-corrected chi connectivity index (χ2v) is 6.23. The van der Waals surface area contributed by atoms with Crippen LogP contribution in [-0.2, 0) is 11.2 Å². The number of nitrogens with one attached hydrogen (secondary N) is 1. The lowest BCUT2D eigenvalue weighted by Crippen LogP contribution is -2.36. The monoisotopic (exact) mass is 341 g/mol. The minimum Gasteiger partial charge on any atom is -0.491 e. The van der Waals surface area contributed by atoms with E-state index in [-0.39, 0.29) is 18.7 Å². The predicted octanol–water partition coefficient (Wildman–Crippen LogP) is 3.24. The minimum absolute atomic E-state index is 0.0125. The van der Waals surface area contributed by atoms with Crippen LogP contribution in [0.4, 0.5) is 0 Å². The zero-order valence-electron chi connectivity index (χ0n) is 14.6. The normalized spacial score (nSPS) is 13.4. The van der Waals surface area contributed by atoms with E-state index in [4.69, 9.17) is 14.2 Å². The molecule has 0 aromatic heterocycles. The smallest absolute Gasteiger partial charge is 0.231 e. The number of para-hydroxylation sites is 1. The summed E-state index contributed by atoms with van der Waals surface area (Å²) in [6.07, 6.45) is 1.09. The molecule has 1 N–H and O–H groups in total. The Kier molecular flexibility index (Phi) is 5.43. The number of rotatable bonds is 7. The molecule has 0 fully saturated rings. The maximum Gasteiger partial charge on any atom is 0.231 e. The third-order valence-corrected chi connectivity index (χ3v) is 4.07. The lowest BCUT2D eigenvalue weighted by molar-refractivity contribution is -0.121. The number of amides is 1. The van der Waals surface area contributed by atoms with Crippen molar-refractivity contribution in [2.24, 2.45) is 0 Å². The van der Waals surface area contributed by atoms with Gasteiger partial charge >= 0.3 is 0 Å². The molecule has 2 aromatic rings. The van der Waals surface area contributed by atoms with Crippen molar-refractivity contribution in [1.29, 1.82) is 0 Å². The first-order valence-corrected chi connectivity index (χ1v) is 8.48. The molecule has 0 unspecified atom stereocenters. The summed E-state index contributed by atoms with van der Waals surface area (Å²) in [5.74, 6) is 2.37.